The molecule has 4 heteroatoms. The van der Waals surface area contributed by atoms with Crippen LogP contribution in [0.25, 0.3) is 0 Å². The van der Waals surface area contributed by atoms with Gasteiger partial charge < -0.3 is 10.1 Å². The summed E-state index contributed by atoms with van der Waals surface area (Å²) in [4.78, 5) is 4.35. The third-order valence-electron chi connectivity index (χ3n) is 1.93. The van der Waals surface area contributed by atoms with Gasteiger partial charge in [-0.15, -0.1) is 6.58 Å². The first-order valence-electron chi connectivity index (χ1n) is 4.79. The summed E-state index contributed by atoms with van der Waals surface area (Å²) in [6, 6.07) is 3.79. The van der Waals surface area contributed by atoms with Crippen molar-refractivity contribution in [2.24, 2.45) is 0 Å². The number of hydrogen-bond acceptors (Lipinski definition) is 3. The first kappa shape index (κ1) is 12.2. The van der Waals surface area contributed by atoms with Gasteiger partial charge in [0.15, 0.2) is 0 Å². The molecule has 0 fully saturated rings. The maximum Gasteiger partial charge on any atom is 0.213 e. The zero-order chi connectivity index (χ0) is 11.1. The Kier molecular flexibility index (Phi) is 5.36. The Balaban J connectivity index is 2.54. The predicted octanol–water partition coefficient (Wildman–Crippen LogP) is 2.17. The van der Waals surface area contributed by atoms with Gasteiger partial charge in [-0.05, 0) is 22.0 Å². The topological polar surface area (TPSA) is 34.2 Å². The highest BCUT2D eigenvalue weighted by Gasteiger charge is 2.03. The van der Waals surface area contributed by atoms with Crippen molar-refractivity contribution in [3.63, 3.8) is 0 Å². The van der Waals surface area contributed by atoms with Crippen molar-refractivity contribution < 1.29 is 4.74 Å². The molecule has 1 rings (SSSR count). The quantitative estimate of drug-likeness (QED) is 0.636. The van der Waals surface area contributed by atoms with E-state index in [9.17, 15) is 0 Å². The first-order chi connectivity index (χ1) is 7.27. The van der Waals surface area contributed by atoms with Crippen LogP contribution in [0.2, 0.25) is 0 Å². The highest BCUT2D eigenvalue weighted by atomic mass is 79.9. The van der Waals surface area contributed by atoms with E-state index < -0.39 is 0 Å². The van der Waals surface area contributed by atoms with Gasteiger partial charge in [0.05, 0.1) is 12.8 Å². The van der Waals surface area contributed by atoms with Crippen molar-refractivity contribution >= 4 is 15.9 Å². The minimum Gasteiger partial charge on any atom is -0.481 e. The summed E-state index contributed by atoms with van der Waals surface area (Å²) in [6.45, 7) is 5.34. The third-order valence-corrected chi connectivity index (χ3v) is 2.65. The normalized spacial score (nSPS) is 10.0. The molecule has 1 N–H and O–H groups in total. The van der Waals surface area contributed by atoms with Crippen LogP contribution in [-0.4, -0.2) is 25.2 Å². The number of methoxy groups -OCH3 is 1. The highest BCUT2D eigenvalue weighted by Crippen LogP contribution is 2.18. The van der Waals surface area contributed by atoms with Crippen LogP contribution in [0, 0.1) is 0 Å². The summed E-state index contributed by atoms with van der Waals surface area (Å²) in [5.41, 5.74) is 1.01. The van der Waals surface area contributed by atoms with Crippen LogP contribution in [0.1, 0.15) is 5.69 Å². The van der Waals surface area contributed by atoms with E-state index in [1.807, 2.05) is 18.2 Å². The molecule has 0 saturated carbocycles. The summed E-state index contributed by atoms with van der Waals surface area (Å²) in [5, 5.41) is 3.23. The summed E-state index contributed by atoms with van der Waals surface area (Å²) in [7, 11) is 1.62. The molecule has 15 heavy (non-hydrogen) atoms. The number of hydrogen-bond donors (Lipinski definition) is 1. The zero-order valence-corrected chi connectivity index (χ0v) is 10.4. The molecule has 0 radical (unpaired) electrons. The summed E-state index contributed by atoms with van der Waals surface area (Å²) < 4.78 is 6.09. The van der Waals surface area contributed by atoms with Crippen molar-refractivity contribution in [3.05, 3.63) is 35.0 Å². The van der Waals surface area contributed by atoms with E-state index in [1.54, 1.807) is 7.11 Å². The summed E-state index contributed by atoms with van der Waals surface area (Å²) >= 11 is 3.46. The number of halogens is 1. The van der Waals surface area contributed by atoms with Gasteiger partial charge in [-0.3, -0.25) is 0 Å². The van der Waals surface area contributed by atoms with Crippen LogP contribution in [0.5, 0.6) is 5.88 Å². The fourth-order valence-electron chi connectivity index (χ4n) is 1.16. The molecular weight excluding hydrogens is 256 g/mol. The number of pyridine rings is 1. The van der Waals surface area contributed by atoms with Crippen LogP contribution in [0.3, 0.4) is 0 Å². The Bertz CT molecular complexity index is 328. The van der Waals surface area contributed by atoms with Crippen LogP contribution in [0.15, 0.2) is 29.3 Å². The second-order valence-corrected chi connectivity index (χ2v) is 3.88. The van der Waals surface area contributed by atoms with Crippen LogP contribution in [-0.2, 0) is 6.42 Å². The van der Waals surface area contributed by atoms with E-state index >= 15 is 0 Å². The monoisotopic (exact) mass is 270 g/mol. The van der Waals surface area contributed by atoms with Gasteiger partial charge in [0.25, 0.3) is 0 Å². The van der Waals surface area contributed by atoms with Crippen molar-refractivity contribution in [1.82, 2.24) is 10.3 Å². The van der Waals surface area contributed by atoms with Gasteiger partial charge in [-0.2, -0.15) is 0 Å². The minimum atomic E-state index is 0.650. The molecule has 0 aliphatic rings. The number of rotatable bonds is 6. The van der Waals surface area contributed by atoms with Crippen LogP contribution >= 0.6 is 15.9 Å². The average molecular weight is 271 g/mol. The Hall–Kier alpha value is -0.870. The maximum atomic E-state index is 5.07. The summed E-state index contributed by atoms with van der Waals surface area (Å²) in [5.74, 6) is 0.650. The van der Waals surface area contributed by atoms with Gasteiger partial charge >= 0.3 is 0 Å². The second kappa shape index (κ2) is 6.58. The zero-order valence-electron chi connectivity index (χ0n) is 8.79. The van der Waals surface area contributed by atoms with Gasteiger partial charge in [0.1, 0.15) is 0 Å². The lowest BCUT2D eigenvalue weighted by Gasteiger charge is -2.06. The van der Waals surface area contributed by atoms with Gasteiger partial charge in [-0.25, -0.2) is 4.98 Å². The summed E-state index contributed by atoms with van der Waals surface area (Å²) in [6.07, 6.45) is 2.71. The van der Waals surface area contributed by atoms with E-state index in [2.05, 4.69) is 32.8 Å². The van der Waals surface area contributed by atoms with Crippen molar-refractivity contribution in [1.29, 1.82) is 0 Å². The molecule has 1 aromatic heterocycles. The van der Waals surface area contributed by atoms with Crippen LogP contribution in [0.4, 0.5) is 0 Å². The maximum absolute atomic E-state index is 5.07. The Morgan fingerprint density at radius 3 is 3.07 bits per heavy atom. The average Bonchev–Trinajstić information content (AvgIpc) is 2.26. The van der Waals surface area contributed by atoms with Crippen molar-refractivity contribution in [2.75, 3.05) is 20.2 Å². The van der Waals surface area contributed by atoms with Crippen molar-refractivity contribution in [2.45, 2.75) is 6.42 Å². The Morgan fingerprint density at radius 2 is 2.40 bits per heavy atom. The Morgan fingerprint density at radius 1 is 1.60 bits per heavy atom. The minimum absolute atomic E-state index is 0.650. The van der Waals surface area contributed by atoms with E-state index in [1.165, 1.54) is 0 Å². The van der Waals surface area contributed by atoms with Gasteiger partial charge in [0.2, 0.25) is 5.88 Å². The molecule has 0 amide bonds. The molecule has 0 bridgehead atoms. The molecule has 1 aromatic rings. The highest BCUT2D eigenvalue weighted by molar-refractivity contribution is 9.10. The largest absolute Gasteiger partial charge is 0.481 e. The van der Waals surface area contributed by atoms with Gasteiger partial charge in [0, 0.05) is 30.0 Å². The molecular formula is C11H15BrN2O. The SMILES string of the molecule is C=CCNCCc1nc(OC)ccc1Br. The van der Waals surface area contributed by atoms with Crippen molar-refractivity contribution in [3.8, 4) is 5.88 Å². The van der Waals surface area contributed by atoms with E-state index in [0.29, 0.717) is 5.88 Å². The molecule has 0 aliphatic heterocycles. The molecule has 0 aliphatic carbocycles. The van der Waals surface area contributed by atoms with E-state index in [-0.39, 0.29) is 0 Å². The number of nitrogens with zero attached hydrogens (tertiary/aromatic N) is 1. The lowest BCUT2D eigenvalue weighted by molar-refractivity contribution is 0.396. The van der Waals surface area contributed by atoms with Crippen LogP contribution < -0.4 is 10.1 Å². The smallest absolute Gasteiger partial charge is 0.213 e. The van der Waals surface area contributed by atoms with E-state index in [4.69, 9.17) is 4.74 Å². The van der Waals surface area contributed by atoms with E-state index in [0.717, 1.165) is 29.7 Å². The fourth-order valence-corrected chi connectivity index (χ4v) is 1.58. The Labute approximate surface area is 98.7 Å². The standard InChI is InChI=1S/C11H15BrN2O/c1-3-7-13-8-6-10-9(12)4-5-11(14-10)15-2/h3-5,13H,1,6-8H2,2H3. The molecule has 1 heterocycles. The molecule has 0 saturated heterocycles. The lowest BCUT2D eigenvalue weighted by Crippen LogP contribution is -2.17. The number of aromatic nitrogens is 1. The molecule has 3 nitrogen and oxygen atoms in total. The number of ether oxygens (including phenoxy) is 1. The third kappa shape index (κ3) is 4.01. The molecule has 82 valence electrons. The molecule has 0 atom stereocenters. The fraction of sp³-hybridized carbons (Fsp3) is 0.364. The lowest BCUT2D eigenvalue weighted by atomic mass is 10.2. The first-order valence-corrected chi connectivity index (χ1v) is 5.58. The predicted molar refractivity (Wildman–Crippen MR) is 65.3 cm³/mol. The van der Waals surface area contributed by atoms with Gasteiger partial charge in [-0.1, -0.05) is 6.08 Å². The molecule has 0 unspecified atom stereocenters. The second-order valence-electron chi connectivity index (χ2n) is 3.02. The molecule has 0 aromatic carbocycles. The molecule has 0 spiro atoms. The number of nitrogens with one attached hydrogen (secondary N) is 1.